The molecule has 1 amide bonds. The van der Waals surface area contributed by atoms with E-state index in [2.05, 4.69) is 40.3 Å². The summed E-state index contributed by atoms with van der Waals surface area (Å²) in [7, 11) is 0. The van der Waals surface area contributed by atoms with E-state index in [4.69, 9.17) is 16.0 Å². The van der Waals surface area contributed by atoms with Gasteiger partial charge >= 0.3 is 0 Å². The number of nitrogens with zero attached hydrogens (tertiary/aromatic N) is 3. The standard InChI is InChI=1S/C24H27ClN4O2/c1-4-15(2)26-23(30)20-13-16(3)29(21-8-6-5-7-19(20)21)14-22-27-28-24(31-22)17-9-11-18(25)12-10-17/h5-12,15-16,20H,4,13-14H2,1-3H3,(H,26,30)/t15-,16+,20-/m0/s1. The van der Waals surface area contributed by atoms with Crippen LogP contribution in [0, 0.1) is 0 Å². The minimum Gasteiger partial charge on any atom is -0.419 e. The molecule has 7 heteroatoms. The molecule has 1 N–H and O–H groups in total. The molecule has 1 aliphatic heterocycles. The first-order valence-corrected chi connectivity index (χ1v) is 11.1. The molecule has 0 bridgehead atoms. The number of hydrogen-bond acceptors (Lipinski definition) is 5. The van der Waals surface area contributed by atoms with Gasteiger partial charge in [0.15, 0.2) is 0 Å². The van der Waals surface area contributed by atoms with Crippen LogP contribution in [0.2, 0.25) is 5.02 Å². The van der Waals surface area contributed by atoms with Gasteiger partial charge in [-0.3, -0.25) is 4.79 Å². The Labute approximate surface area is 187 Å². The lowest BCUT2D eigenvalue weighted by atomic mass is 9.85. The first-order chi connectivity index (χ1) is 15.0. The lowest BCUT2D eigenvalue weighted by Gasteiger charge is -2.39. The number of para-hydroxylation sites is 1. The molecular weight excluding hydrogens is 412 g/mol. The molecule has 0 saturated heterocycles. The highest BCUT2D eigenvalue weighted by Crippen LogP contribution is 2.39. The number of amides is 1. The monoisotopic (exact) mass is 438 g/mol. The molecule has 31 heavy (non-hydrogen) atoms. The number of nitrogens with one attached hydrogen (secondary N) is 1. The highest BCUT2D eigenvalue weighted by molar-refractivity contribution is 6.30. The van der Waals surface area contributed by atoms with Crippen molar-refractivity contribution in [2.45, 2.75) is 58.2 Å². The van der Waals surface area contributed by atoms with Crippen molar-refractivity contribution >= 4 is 23.2 Å². The van der Waals surface area contributed by atoms with Crippen LogP contribution < -0.4 is 10.2 Å². The number of rotatable bonds is 6. The second-order valence-electron chi connectivity index (χ2n) is 8.15. The van der Waals surface area contributed by atoms with E-state index in [1.54, 1.807) is 12.1 Å². The van der Waals surface area contributed by atoms with Crippen LogP contribution in [0.3, 0.4) is 0 Å². The summed E-state index contributed by atoms with van der Waals surface area (Å²) in [6.45, 7) is 6.73. The summed E-state index contributed by atoms with van der Waals surface area (Å²) < 4.78 is 5.93. The average Bonchev–Trinajstić information content (AvgIpc) is 3.24. The molecule has 0 unspecified atom stereocenters. The van der Waals surface area contributed by atoms with E-state index in [0.717, 1.165) is 29.7 Å². The van der Waals surface area contributed by atoms with E-state index < -0.39 is 0 Å². The third-order valence-corrected chi connectivity index (χ3v) is 6.16. The van der Waals surface area contributed by atoms with Crippen molar-refractivity contribution in [2.24, 2.45) is 0 Å². The SMILES string of the molecule is CC[C@H](C)NC(=O)[C@H]1C[C@@H](C)N(Cc2nnc(-c3ccc(Cl)cc3)o2)c2ccccc21. The maximum absolute atomic E-state index is 12.9. The predicted octanol–water partition coefficient (Wildman–Crippen LogP) is 5.19. The Morgan fingerprint density at radius 2 is 1.97 bits per heavy atom. The Balaban J connectivity index is 1.57. The zero-order valence-corrected chi connectivity index (χ0v) is 18.8. The molecule has 4 rings (SSSR count). The van der Waals surface area contributed by atoms with E-state index in [1.165, 1.54) is 0 Å². The Bertz CT molecular complexity index is 1050. The van der Waals surface area contributed by atoms with Crippen LogP contribution in [0.25, 0.3) is 11.5 Å². The van der Waals surface area contributed by atoms with Crippen LogP contribution in [0.4, 0.5) is 5.69 Å². The molecule has 1 aromatic heterocycles. The van der Waals surface area contributed by atoms with E-state index in [0.29, 0.717) is 23.3 Å². The molecule has 0 spiro atoms. The fourth-order valence-electron chi connectivity index (χ4n) is 3.98. The van der Waals surface area contributed by atoms with Gasteiger partial charge in [0.2, 0.25) is 17.7 Å². The zero-order valence-electron chi connectivity index (χ0n) is 18.0. The summed E-state index contributed by atoms with van der Waals surface area (Å²) in [6, 6.07) is 15.7. The first-order valence-electron chi connectivity index (χ1n) is 10.7. The number of carbonyl (C=O) groups is 1. The van der Waals surface area contributed by atoms with Crippen LogP contribution in [-0.4, -0.2) is 28.2 Å². The van der Waals surface area contributed by atoms with Crippen molar-refractivity contribution in [1.82, 2.24) is 15.5 Å². The molecule has 6 nitrogen and oxygen atoms in total. The molecule has 3 atom stereocenters. The average molecular weight is 439 g/mol. The van der Waals surface area contributed by atoms with Gasteiger partial charge in [0.05, 0.1) is 12.5 Å². The molecule has 0 aliphatic carbocycles. The van der Waals surface area contributed by atoms with Crippen molar-refractivity contribution in [1.29, 1.82) is 0 Å². The number of benzene rings is 2. The number of carbonyl (C=O) groups excluding carboxylic acids is 1. The molecule has 0 radical (unpaired) electrons. The number of halogens is 1. The highest BCUT2D eigenvalue weighted by atomic mass is 35.5. The van der Waals surface area contributed by atoms with E-state index in [9.17, 15) is 4.79 Å². The van der Waals surface area contributed by atoms with Crippen molar-refractivity contribution in [3.8, 4) is 11.5 Å². The maximum Gasteiger partial charge on any atom is 0.247 e. The van der Waals surface area contributed by atoms with Gasteiger partial charge in [-0.25, -0.2) is 0 Å². The van der Waals surface area contributed by atoms with E-state index in [1.807, 2.05) is 37.3 Å². The fraction of sp³-hybridized carbons (Fsp3) is 0.375. The number of aromatic nitrogens is 2. The second kappa shape index (κ2) is 9.10. The molecule has 0 saturated carbocycles. The van der Waals surface area contributed by atoms with Gasteiger partial charge in [0, 0.05) is 28.4 Å². The first kappa shape index (κ1) is 21.4. The molecule has 162 valence electrons. The summed E-state index contributed by atoms with van der Waals surface area (Å²) in [6.07, 6.45) is 1.65. The smallest absolute Gasteiger partial charge is 0.247 e. The quantitative estimate of drug-likeness (QED) is 0.573. The van der Waals surface area contributed by atoms with E-state index in [-0.39, 0.29) is 23.9 Å². The number of fused-ring (bicyclic) bond motifs is 1. The Hall–Kier alpha value is -2.86. The molecule has 2 aromatic carbocycles. The van der Waals surface area contributed by atoms with Crippen LogP contribution in [0.1, 0.15) is 51.0 Å². The van der Waals surface area contributed by atoms with Gasteiger partial charge in [0.25, 0.3) is 0 Å². The molecule has 1 aliphatic rings. The lowest BCUT2D eigenvalue weighted by Crippen LogP contribution is -2.44. The van der Waals surface area contributed by atoms with Crippen LogP contribution in [0.5, 0.6) is 0 Å². The second-order valence-corrected chi connectivity index (χ2v) is 8.59. The van der Waals surface area contributed by atoms with Gasteiger partial charge in [0.1, 0.15) is 0 Å². The maximum atomic E-state index is 12.9. The summed E-state index contributed by atoms with van der Waals surface area (Å²) in [5.41, 5.74) is 2.91. The molecule has 2 heterocycles. The molecule has 3 aromatic rings. The third kappa shape index (κ3) is 4.59. The van der Waals surface area contributed by atoms with Gasteiger partial charge < -0.3 is 14.6 Å². The molecular formula is C24H27ClN4O2. The van der Waals surface area contributed by atoms with Crippen LogP contribution in [0.15, 0.2) is 52.9 Å². The van der Waals surface area contributed by atoms with Gasteiger partial charge in [-0.1, -0.05) is 36.7 Å². The van der Waals surface area contributed by atoms with Crippen molar-refractivity contribution < 1.29 is 9.21 Å². The minimum atomic E-state index is -0.163. The Morgan fingerprint density at radius 1 is 1.23 bits per heavy atom. The Kier molecular flexibility index (Phi) is 6.28. The van der Waals surface area contributed by atoms with Crippen LogP contribution >= 0.6 is 11.6 Å². The normalized spacial score (nSPS) is 19.0. The van der Waals surface area contributed by atoms with Crippen LogP contribution in [-0.2, 0) is 11.3 Å². The lowest BCUT2D eigenvalue weighted by molar-refractivity contribution is -0.123. The van der Waals surface area contributed by atoms with Crippen molar-refractivity contribution in [3.05, 3.63) is 65.0 Å². The van der Waals surface area contributed by atoms with Gasteiger partial charge in [-0.15, -0.1) is 10.2 Å². The summed E-state index contributed by atoms with van der Waals surface area (Å²) >= 11 is 5.97. The third-order valence-electron chi connectivity index (χ3n) is 5.91. The highest BCUT2D eigenvalue weighted by Gasteiger charge is 2.35. The minimum absolute atomic E-state index is 0.0936. The van der Waals surface area contributed by atoms with Gasteiger partial charge in [-0.05, 0) is 62.6 Å². The predicted molar refractivity (Wildman–Crippen MR) is 122 cm³/mol. The molecule has 0 fully saturated rings. The fourth-order valence-corrected chi connectivity index (χ4v) is 4.11. The number of anilines is 1. The summed E-state index contributed by atoms with van der Waals surface area (Å²) in [4.78, 5) is 15.2. The summed E-state index contributed by atoms with van der Waals surface area (Å²) in [5, 5.41) is 12.3. The van der Waals surface area contributed by atoms with E-state index >= 15 is 0 Å². The number of hydrogen-bond donors (Lipinski definition) is 1. The topological polar surface area (TPSA) is 71.3 Å². The zero-order chi connectivity index (χ0) is 22.0. The summed E-state index contributed by atoms with van der Waals surface area (Å²) in [5.74, 6) is 0.935. The largest absolute Gasteiger partial charge is 0.419 e. The van der Waals surface area contributed by atoms with Crippen molar-refractivity contribution in [2.75, 3.05) is 4.90 Å². The van der Waals surface area contributed by atoms with Crippen molar-refractivity contribution in [3.63, 3.8) is 0 Å². The Morgan fingerprint density at radius 3 is 2.71 bits per heavy atom. The van der Waals surface area contributed by atoms with Gasteiger partial charge in [-0.2, -0.15) is 0 Å².